The molecule has 4 rings (SSSR count). The number of carbonyl (C=O) groups is 3. The highest BCUT2D eigenvalue weighted by Gasteiger charge is 2.42. The lowest BCUT2D eigenvalue weighted by Crippen LogP contribution is -2.49. The van der Waals surface area contributed by atoms with Crippen LogP contribution in [0.5, 0.6) is 0 Å². The highest BCUT2D eigenvalue weighted by atomic mass is 79.9. The van der Waals surface area contributed by atoms with Crippen LogP contribution in [0, 0.1) is 0 Å². The van der Waals surface area contributed by atoms with Gasteiger partial charge in [0, 0.05) is 15.1 Å². The number of hydrogen-bond acceptors (Lipinski definition) is 5. The molecule has 2 aromatic rings. The second-order valence-corrected chi connectivity index (χ2v) is 8.53. The maximum Gasteiger partial charge on any atom is 0.338 e. The summed E-state index contributed by atoms with van der Waals surface area (Å²) in [5, 5.41) is 5.59. The fourth-order valence-corrected chi connectivity index (χ4v) is 4.07. The van der Waals surface area contributed by atoms with E-state index in [1.807, 2.05) is 30.5 Å². The number of hydrogen-bond donors (Lipinski definition) is 2. The van der Waals surface area contributed by atoms with Gasteiger partial charge in [0.25, 0.3) is 0 Å². The van der Waals surface area contributed by atoms with E-state index in [2.05, 4.69) is 26.6 Å². The molecule has 0 bridgehead atoms. The summed E-state index contributed by atoms with van der Waals surface area (Å²) in [5.41, 5.74) is 2.18. The van der Waals surface area contributed by atoms with Gasteiger partial charge in [-0.05, 0) is 48.2 Å². The number of cyclic esters (lactones) is 1. The molecule has 2 aromatic carbocycles. The first-order valence-electron chi connectivity index (χ1n) is 9.14. The average molecular weight is 488 g/mol. The van der Waals surface area contributed by atoms with Crippen LogP contribution in [-0.2, 0) is 14.3 Å². The summed E-state index contributed by atoms with van der Waals surface area (Å²) in [6.45, 7) is -0.262. The molecule has 154 valence electrons. The molecule has 30 heavy (non-hydrogen) atoms. The van der Waals surface area contributed by atoms with Crippen molar-refractivity contribution in [3.63, 3.8) is 0 Å². The van der Waals surface area contributed by atoms with Crippen molar-refractivity contribution in [2.75, 3.05) is 24.7 Å². The first-order chi connectivity index (χ1) is 14.5. The second kappa shape index (κ2) is 8.53. The normalized spacial score (nSPS) is 18.1. The molecule has 0 aliphatic carbocycles. The van der Waals surface area contributed by atoms with Crippen molar-refractivity contribution < 1.29 is 19.1 Å². The van der Waals surface area contributed by atoms with E-state index >= 15 is 0 Å². The fraction of sp³-hybridized carbons (Fsp3) is 0.190. The highest BCUT2D eigenvalue weighted by Crippen LogP contribution is 2.35. The van der Waals surface area contributed by atoms with E-state index in [0.717, 1.165) is 14.9 Å². The minimum Gasteiger partial charge on any atom is -0.456 e. The van der Waals surface area contributed by atoms with Crippen LogP contribution in [0.3, 0.4) is 0 Å². The van der Waals surface area contributed by atoms with E-state index in [1.165, 1.54) is 4.90 Å². The van der Waals surface area contributed by atoms with Gasteiger partial charge >= 0.3 is 12.0 Å². The fourth-order valence-electron chi connectivity index (χ4n) is 3.40. The summed E-state index contributed by atoms with van der Waals surface area (Å²) in [4.78, 5) is 40.1. The van der Waals surface area contributed by atoms with Crippen LogP contribution in [0.4, 0.5) is 10.5 Å². The molecular weight excluding hydrogens is 470 g/mol. The van der Waals surface area contributed by atoms with Crippen molar-refractivity contribution in [2.45, 2.75) is 10.9 Å². The van der Waals surface area contributed by atoms with Crippen molar-refractivity contribution >= 4 is 51.3 Å². The molecule has 3 amide bonds. The SMILES string of the molecule is CSc1ccc(C2NC(=O)N(CC(=O)Nc3ccc(Br)cc3)C3=C2C(=O)OC3)cc1. The van der Waals surface area contributed by atoms with Gasteiger partial charge in [0.15, 0.2) is 0 Å². The van der Waals surface area contributed by atoms with Crippen molar-refractivity contribution in [2.24, 2.45) is 0 Å². The zero-order chi connectivity index (χ0) is 21.3. The number of esters is 1. The standard InChI is InChI=1S/C21H18BrN3O4S/c1-30-15-8-2-12(3-9-15)19-18-16(11-29-20(18)27)25(21(28)24-19)10-17(26)23-14-6-4-13(22)5-7-14/h2-9,19H,10-11H2,1H3,(H,23,26)(H,24,28). The Labute approximate surface area is 186 Å². The number of thioether (sulfide) groups is 1. The van der Waals surface area contributed by atoms with E-state index < -0.39 is 18.0 Å². The lowest BCUT2D eigenvalue weighted by atomic mass is 9.96. The molecular formula is C21H18BrN3O4S. The summed E-state index contributed by atoms with van der Waals surface area (Å²) >= 11 is 4.95. The van der Waals surface area contributed by atoms with Gasteiger partial charge in [0.1, 0.15) is 13.2 Å². The Bertz CT molecular complexity index is 1040. The molecule has 2 aliphatic heterocycles. The van der Waals surface area contributed by atoms with Crippen LogP contribution in [0.15, 0.2) is 69.2 Å². The van der Waals surface area contributed by atoms with Crippen LogP contribution in [0.25, 0.3) is 0 Å². The lowest BCUT2D eigenvalue weighted by Gasteiger charge is -2.32. The van der Waals surface area contributed by atoms with E-state index in [1.54, 1.807) is 36.0 Å². The molecule has 1 atom stereocenters. The zero-order valence-corrected chi connectivity index (χ0v) is 18.4. The third-order valence-electron chi connectivity index (χ3n) is 4.88. The van der Waals surface area contributed by atoms with Crippen LogP contribution < -0.4 is 10.6 Å². The summed E-state index contributed by atoms with van der Waals surface area (Å²) in [7, 11) is 0. The van der Waals surface area contributed by atoms with Gasteiger partial charge in [-0.15, -0.1) is 11.8 Å². The Morgan fingerprint density at radius 2 is 1.90 bits per heavy atom. The van der Waals surface area contributed by atoms with E-state index in [9.17, 15) is 14.4 Å². The van der Waals surface area contributed by atoms with E-state index in [4.69, 9.17) is 4.74 Å². The van der Waals surface area contributed by atoms with Crippen molar-refractivity contribution in [1.29, 1.82) is 0 Å². The number of nitrogens with zero attached hydrogens (tertiary/aromatic N) is 1. The lowest BCUT2D eigenvalue weighted by molar-refractivity contribution is -0.136. The Kier molecular flexibility index (Phi) is 5.83. The van der Waals surface area contributed by atoms with E-state index in [-0.39, 0.29) is 19.1 Å². The first kappa shape index (κ1) is 20.5. The van der Waals surface area contributed by atoms with Crippen molar-refractivity contribution in [3.8, 4) is 0 Å². The van der Waals surface area contributed by atoms with E-state index in [0.29, 0.717) is 17.0 Å². The molecule has 7 nitrogen and oxygen atoms in total. The molecule has 0 fully saturated rings. The Balaban J connectivity index is 1.57. The highest BCUT2D eigenvalue weighted by molar-refractivity contribution is 9.10. The van der Waals surface area contributed by atoms with Gasteiger partial charge in [-0.2, -0.15) is 0 Å². The molecule has 0 saturated carbocycles. The topological polar surface area (TPSA) is 87.7 Å². The molecule has 1 unspecified atom stereocenters. The van der Waals surface area contributed by atoms with Gasteiger partial charge in [-0.25, -0.2) is 9.59 Å². The molecule has 0 radical (unpaired) electrons. The minimum absolute atomic E-state index is 0.0352. The maximum atomic E-state index is 12.8. The van der Waals surface area contributed by atoms with Gasteiger partial charge in [-0.1, -0.05) is 28.1 Å². The molecule has 0 aromatic heterocycles. The smallest absolute Gasteiger partial charge is 0.338 e. The number of nitrogens with one attached hydrogen (secondary N) is 2. The second-order valence-electron chi connectivity index (χ2n) is 6.73. The van der Waals surface area contributed by atoms with Gasteiger partial charge in [-0.3, -0.25) is 9.69 Å². The summed E-state index contributed by atoms with van der Waals surface area (Å²) in [6, 6.07) is 13.7. The van der Waals surface area contributed by atoms with Crippen LogP contribution >= 0.6 is 27.7 Å². The molecule has 9 heteroatoms. The number of rotatable bonds is 5. The van der Waals surface area contributed by atoms with Crippen molar-refractivity contribution in [1.82, 2.24) is 10.2 Å². The average Bonchev–Trinajstić information content (AvgIpc) is 3.13. The molecule has 2 aliphatic rings. The van der Waals surface area contributed by atoms with Crippen LogP contribution in [0.1, 0.15) is 11.6 Å². The number of amides is 3. The monoisotopic (exact) mass is 487 g/mol. The Hall–Kier alpha value is -2.78. The van der Waals surface area contributed by atoms with Gasteiger partial charge in [0.05, 0.1) is 17.3 Å². The maximum absolute atomic E-state index is 12.8. The molecule has 0 spiro atoms. The summed E-state index contributed by atoms with van der Waals surface area (Å²) in [6.07, 6.45) is 1.98. The minimum atomic E-state index is -0.607. The molecule has 2 N–H and O–H groups in total. The number of anilines is 1. The quantitative estimate of drug-likeness (QED) is 0.495. The predicted octanol–water partition coefficient (Wildman–Crippen LogP) is 3.69. The number of carbonyl (C=O) groups excluding carboxylic acids is 3. The van der Waals surface area contributed by atoms with Crippen LogP contribution in [-0.4, -0.2) is 42.2 Å². The number of ether oxygens (including phenoxy) is 1. The summed E-state index contributed by atoms with van der Waals surface area (Å²) < 4.78 is 6.09. The van der Waals surface area contributed by atoms with Crippen LogP contribution in [0.2, 0.25) is 0 Å². The predicted molar refractivity (Wildman–Crippen MR) is 117 cm³/mol. The number of benzene rings is 2. The molecule has 0 saturated heterocycles. The number of halogens is 1. The Morgan fingerprint density at radius 3 is 2.57 bits per heavy atom. The number of urea groups is 1. The zero-order valence-electron chi connectivity index (χ0n) is 16.0. The summed E-state index contributed by atoms with van der Waals surface area (Å²) in [5.74, 6) is -0.858. The molecule has 2 heterocycles. The first-order valence-corrected chi connectivity index (χ1v) is 11.2. The van der Waals surface area contributed by atoms with Gasteiger partial charge < -0.3 is 15.4 Å². The Morgan fingerprint density at radius 1 is 1.20 bits per heavy atom. The largest absolute Gasteiger partial charge is 0.456 e. The van der Waals surface area contributed by atoms with Gasteiger partial charge in [0.2, 0.25) is 5.91 Å². The third-order valence-corrected chi connectivity index (χ3v) is 6.15. The third kappa shape index (κ3) is 4.08. The van der Waals surface area contributed by atoms with Crippen molar-refractivity contribution in [3.05, 3.63) is 69.8 Å².